The summed E-state index contributed by atoms with van der Waals surface area (Å²) >= 11 is 0. The van der Waals surface area contributed by atoms with Crippen molar-refractivity contribution in [2.45, 2.75) is 25.7 Å². The number of carbonyl (C=O) groups is 1. The third-order valence-electron chi connectivity index (χ3n) is 4.12. The van der Waals surface area contributed by atoms with Gasteiger partial charge in [0.15, 0.2) is 0 Å². The minimum atomic E-state index is -0.0203. The zero-order chi connectivity index (χ0) is 15.1. The van der Waals surface area contributed by atoms with Gasteiger partial charge in [-0.05, 0) is 36.8 Å². The number of rotatable bonds is 7. The molecule has 0 aromatic heterocycles. The van der Waals surface area contributed by atoms with Crippen molar-refractivity contribution in [2.24, 2.45) is 11.8 Å². The average molecular weight is 292 g/mol. The number of anilines is 1. The molecule has 0 heterocycles. The number of nitrogens with one attached hydrogen (secondary N) is 1. The van der Waals surface area contributed by atoms with Crippen LogP contribution in [0.4, 0.5) is 5.69 Å². The smallest absolute Gasteiger partial charge is 0.223 e. The summed E-state index contributed by atoms with van der Waals surface area (Å²) in [4.78, 5) is 11.8. The van der Waals surface area contributed by atoms with Crippen molar-refractivity contribution in [1.29, 1.82) is 0 Å². The number of amides is 1. The van der Waals surface area contributed by atoms with Crippen LogP contribution in [-0.4, -0.2) is 30.8 Å². The zero-order valence-electron chi connectivity index (χ0n) is 12.3. The van der Waals surface area contributed by atoms with Crippen LogP contribution in [0.1, 0.15) is 25.7 Å². The molecule has 1 aliphatic carbocycles. The summed E-state index contributed by atoms with van der Waals surface area (Å²) in [5.74, 6) is 1.34. The van der Waals surface area contributed by atoms with Crippen LogP contribution in [0.3, 0.4) is 0 Å². The fourth-order valence-electron chi connectivity index (χ4n) is 2.82. The van der Waals surface area contributed by atoms with Crippen molar-refractivity contribution < 1.29 is 14.6 Å². The molecule has 1 aromatic carbocycles. The fraction of sp³-hybridized carbons (Fsp3) is 0.562. The first kappa shape index (κ1) is 15.6. The van der Waals surface area contributed by atoms with Crippen molar-refractivity contribution in [3.05, 3.63) is 24.3 Å². The van der Waals surface area contributed by atoms with Gasteiger partial charge in [-0.3, -0.25) is 4.79 Å². The maximum absolute atomic E-state index is 11.8. The number of aliphatic hydroxyl groups excluding tert-OH is 1. The lowest BCUT2D eigenvalue weighted by Crippen LogP contribution is -2.32. The third-order valence-corrected chi connectivity index (χ3v) is 4.12. The average Bonchev–Trinajstić information content (AvgIpc) is 2.94. The first-order valence-electron chi connectivity index (χ1n) is 7.55. The number of ether oxygens (including phenoxy) is 1. The van der Waals surface area contributed by atoms with E-state index in [1.165, 1.54) is 0 Å². The first-order chi connectivity index (χ1) is 10.2. The van der Waals surface area contributed by atoms with Gasteiger partial charge in [0.25, 0.3) is 0 Å². The minimum Gasteiger partial charge on any atom is -0.491 e. The monoisotopic (exact) mass is 292 g/mol. The molecule has 21 heavy (non-hydrogen) atoms. The topological polar surface area (TPSA) is 84.6 Å². The number of hydrogen-bond donors (Lipinski definition) is 3. The van der Waals surface area contributed by atoms with E-state index in [4.69, 9.17) is 10.5 Å². The molecule has 5 heteroatoms. The van der Waals surface area contributed by atoms with Crippen LogP contribution in [0.2, 0.25) is 0 Å². The lowest BCUT2D eigenvalue weighted by Gasteiger charge is -2.17. The van der Waals surface area contributed by atoms with Gasteiger partial charge in [-0.15, -0.1) is 0 Å². The van der Waals surface area contributed by atoms with Gasteiger partial charge in [-0.1, -0.05) is 18.6 Å². The molecule has 4 N–H and O–H groups in total. The molecule has 2 rings (SSSR count). The Morgan fingerprint density at radius 3 is 2.86 bits per heavy atom. The molecular weight excluding hydrogens is 268 g/mol. The number of nitrogens with two attached hydrogens (primary N) is 1. The number of aliphatic hydroxyl groups is 1. The van der Waals surface area contributed by atoms with Gasteiger partial charge in [0.05, 0.1) is 18.7 Å². The van der Waals surface area contributed by atoms with E-state index in [0.29, 0.717) is 42.8 Å². The molecular formula is C16H24N2O3. The first-order valence-corrected chi connectivity index (χ1v) is 7.55. The molecule has 0 saturated heterocycles. The van der Waals surface area contributed by atoms with Crippen molar-refractivity contribution in [1.82, 2.24) is 5.32 Å². The molecule has 0 radical (unpaired) electrons. The van der Waals surface area contributed by atoms with Crippen LogP contribution in [-0.2, 0) is 4.79 Å². The summed E-state index contributed by atoms with van der Waals surface area (Å²) in [6.07, 6.45) is 3.60. The van der Waals surface area contributed by atoms with E-state index in [2.05, 4.69) is 5.32 Å². The normalized spacial score (nSPS) is 21.2. The van der Waals surface area contributed by atoms with E-state index in [-0.39, 0.29) is 12.5 Å². The van der Waals surface area contributed by atoms with Crippen LogP contribution >= 0.6 is 0 Å². The van der Waals surface area contributed by atoms with Gasteiger partial charge in [0.1, 0.15) is 5.75 Å². The van der Waals surface area contributed by atoms with Crippen molar-refractivity contribution in [3.8, 4) is 5.75 Å². The summed E-state index contributed by atoms with van der Waals surface area (Å²) in [6.45, 7) is 1.18. The molecule has 5 nitrogen and oxygen atoms in total. The van der Waals surface area contributed by atoms with Crippen molar-refractivity contribution >= 4 is 11.6 Å². The van der Waals surface area contributed by atoms with Crippen LogP contribution in [0.15, 0.2) is 24.3 Å². The van der Waals surface area contributed by atoms with E-state index in [0.717, 1.165) is 19.3 Å². The molecule has 0 bridgehead atoms. The van der Waals surface area contributed by atoms with Crippen LogP contribution in [0, 0.1) is 11.8 Å². The number of hydrogen-bond acceptors (Lipinski definition) is 4. The molecule has 1 fully saturated rings. The highest BCUT2D eigenvalue weighted by Gasteiger charge is 2.26. The Kier molecular flexibility index (Phi) is 5.87. The largest absolute Gasteiger partial charge is 0.491 e. The maximum atomic E-state index is 11.8. The van der Waals surface area contributed by atoms with Crippen LogP contribution < -0.4 is 15.8 Å². The second kappa shape index (κ2) is 7.88. The van der Waals surface area contributed by atoms with Gasteiger partial charge >= 0.3 is 0 Å². The SMILES string of the molecule is Nc1ccccc1OCCC(=O)NCC1CCCC1CO. The Morgan fingerprint density at radius 1 is 1.33 bits per heavy atom. The van der Waals surface area contributed by atoms with E-state index < -0.39 is 0 Å². The van der Waals surface area contributed by atoms with Gasteiger partial charge in [0.2, 0.25) is 5.91 Å². The third kappa shape index (κ3) is 4.63. The van der Waals surface area contributed by atoms with E-state index in [1.807, 2.05) is 12.1 Å². The number of para-hydroxylation sites is 2. The highest BCUT2D eigenvalue weighted by atomic mass is 16.5. The lowest BCUT2D eigenvalue weighted by molar-refractivity contribution is -0.121. The van der Waals surface area contributed by atoms with E-state index >= 15 is 0 Å². The number of nitrogen functional groups attached to an aromatic ring is 1. The maximum Gasteiger partial charge on any atom is 0.223 e. The Bertz CT molecular complexity index is 465. The predicted octanol–water partition coefficient (Wildman–Crippen LogP) is 1.56. The molecule has 2 atom stereocenters. The van der Waals surface area contributed by atoms with E-state index in [1.54, 1.807) is 12.1 Å². The summed E-state index contributed by atoms with van der Waals surface area (Å²) in [5, 5.41) is 12.2. The van der Waals surface area contributed by atoms with Crippen molar-refractivity contribution in [3.63, 3.8) is 0 Å². The molecule has 2 unspecified atom stereocenters. The zero-order valence-corrected chi connectivity index (χ0v) is 12.3. The number of carbonyl (C=O) groups excluding carboxylic acids is 1. The highest BCUT2D eigenvalue weighted by molar-refractivity contribution is 5.76. The van der Waals surface area contributed by atoms with Crippen LogP contribution in [0.5, 0.6) is 5.75 Å². The molecule has 1 amide bonds. The Morgan fingerprint density at radius 2 is 2.10 bits per heavy atom. The highest BCUT2D eigenvalue weighted by Crippen LogP contribution is 2.30. The standard InChI is InChI=1S/C16H24N2O3/c17-14-6-1-2-7-15(14)21-9-8-16(20)18-10-12-4-3-5-13(12)11-19/h1-2,6-7,12-13,19H,3-5,8-11,17H2,(H,18,20). The summed E-state index contributed by atoms with van der Waals surface area (Å²) < 4.78 is 5.50. The molecule has 0 spiro atoms. The quantitative estimate of drug-likeness (QED) is 0.666. The van der Waals surface area contributed by atoms with Crippen molar-refractivity contribution in [2.75, 3.05) is 25.5 Å². The van der Waals surface area contributed by atoms with Gasteiger partial charge in [0, 0.05) is 13.2 Å². The molecule has 1 aliphatic rings. The number of benzene rings is 1. The Balaban J connectivity index is 1.65. The Labute approximate surface area is 125 Å². The molecule has 1 saturated carbocycles. The second-order valence-corrected chi connectivity index (χ2v) is 5.57. The Hall–Kier alpha value is -1.75. The van der Waals surface area contributed by atoms with Gasteiger partial charge in [-0.2, -0.15) is 0 Å². The minimum absolute atomic E-state index is 0.0203. The lowest BCUT2D eigenvalue weighted by atomic mass is 9.97. The molecule has 1 aromatic rings. The van der Waals surface area contributed by atoms with Gasteiger partial charge in [-0.25, -0.2) is 0 Å². The predicted molar refractivity (Wildman–Crippen MR) is 81.9 cm³/mol. The molecule has 116 valence electrons. The fourth-order valence-corrected chi connectivity index (χ4v) is 2.82. The van der Waals surface area contributed by atoms with Gasteiger partial charge < -0.3 is 20.9 Å². The van der Waals surface area contributed by atoms with Crippen LogP contribution in [0.25, 0.3) is 0 Å². The van der Waals surface area contributed by atoms with E-state index in [9.17, 15) is 9.90 Å². The summed E-state index contributed by atoms with van der Waals surface area (Å²) in [7, 11) is 0. The molecule has 0 aliphatic heterocycles. The second-order valence-electron chi connectivity index (χ2n) is 5.57. The summed E-state index contributed by atoms with van der Waals surface area (Å²) in [5.41, 5.74) is 6.34. The summed E-state index contributed by atoms with van der Waals surface area (Å²) in [6, 6.07) is 7.25.